The molecule has 3 aromatic rings. The van der Waals surface area contributed by atoms with Gasteiger partial charge in [-0.1, -0.05) is 13.0 Å². The number of anilines is 2. The number of hydrogen-bond acceptors (Lipinski definition) is 8. The predicted molar refractivity (Wildman–Crippen MR) is 127 cm³/mol. The molecule has 4 heterocycles. The van der Waals surface area contributed by atoms with Crippen LogP contribution in [0.25, 0.3) is 17.3 Å². The van der Waals surface area contributed by atoms with Crippen molar-refractivity contribution in [2.45, 2.75) is 19.6 Å². The van der Waals surface area contributed by atoms with Crippen LogP contribution in [0.5, 0.6) is 5.75 Å². The summed E-state index contributed by atoms with van der Waals surface area (Å²) in [6.45, 7) is 4.58. The number of fused-ring (bicyclic) bond motifs is 1. The third kappa shape index (κ3) is 4.23. The molecule has 2 aliphatic heterocycles. The molecule has 0 bridgehead atoms. The van der Waals surface area contributed by atoms with Crippen molar-refractivity contribution in [1.29, 1.82) is 0 Å². The maximum absolute atomic E-state index is 6.15. The fourth-order valence-electron chi connectivity index (χ4n) is 4.40. The topological polar surface area (TPSA) is 103 Å². The molecule has 0 aliphatic carbocycles. The lowest BCUT2D eigenvalue weighted by atomic mass is 9.89. The molecular weight excluding hydrogens is 418 g/mol. The fraction of sp³-hybridized carbons (Fsp3) is 0.375. The molecule has 9 nitrogen and oxygen atoms in total. The van der Waals surface area contributed by atoms with Crippen molar-refractivity contribution in [2.24, 2.45) is 17.5 Å². The van der Waals surface area contributed by atoms with E-state index in [2.05, 4.69) is 39.5 Å². The van der Waals surface area contributed by atoms with Crippen LogP contribution in [0, 0.1) is 5.41 Å². The number of nitrogen functional groups attached to an aromatic ring is 1. The van der Waals surface area contributed by atoms with E-state index in [0.29, 0.717) is 11.2 Å². The van der Waals surface area contributed by atoms with Gasteiger partial charge in [-0.15, -0.1) is 0 Å². The molecule has 33 heavy (non-hydrogen) atoms. The average molecular weight is 448 g/mol. The van der Waals surface area contributed by atoms with E-state index in [9.17, 15) is 0 Å². The molecule has 5 rings (SSSR count). The SMILES string of the molecule is COc1cc(-c2cnn(C)c2)ccc1N[C@@H]1N=c2c(N)nccc2=CN1CC1(C)CCOC1. The second-order valence-electron chi connectivity index (χ2n) is 9.01. The Balaban J connectivity index is 1.50. The van der Waals surface area contributed by atoms with E-state index in [1.165, 1.54) is 0 Å². The van der Waals surface area contributed by atoms with Gasteiger partial charge in [-0.05, 0) is 30.2 Å². The number of rotatable bonds is 6. The second-order valence-corrected chi connectivity index (χ2v) is 9.01. The maximum Gasteiger partial charge on any atom is 0.197 e. The highest BCUT2D eigenvalue weighted by molar-refractivity contribution is 5.70. The number of nitrogens with zero attached hydrogens (tertiary/aromatic N) is 5. The number of aryl methyl sites for hydroxylation is 1. The van der Waals surface area contributed by atoms with Crippen LogP contribution >= 0.6 is 0 Å². The molecule has 2 atom stereocenters. The first kappa shape index (κ1) is 21.3. The molecule has 2 aliphatic rings. The lowest BCUT2D eigenvalue weighted by Crippen LogP contribution is -2.49. The minimum Gasteiger partial charge on any atom is -0.495 e. The Morgan fingerprint density at radius 1 is 1.30 bits per heavy atom. The van der Waals surface area contributed by atoms with Crippen molar-refractivity contribution in [3.05, 3.63) is 53.4 Å². The first-order valence-electron chi connectivity index (χ1n) is 11.0. The number of pyridine rings is 1. The zero-order valence-corrected chi connectivity index (χ0v) is 19.2. The number of nitrogens with one attached hydrogen (secondary N) is 1. The van der Waals surface area contributed by atoms with Crippen LogP contribution in [0.1, 0.15) is 13.3 Å². The summed E-state index contributed by atoms with van der Waals surface area (Å²) in [6, 6.07) is 8.01. The van der Waals surface area contributed by atoms with Crippen LogP contribution in [-0.2, 0) is 11.8 Å². The first-order valence-corrected chi connectivity index (χ1v) is 11.0. The number of aromatic nitrogens is 3. The minimum absolute atomic E-state index is 0.0519. The van der Waals surface area contributed by atoms with E-state index in [1.54, 1.807) is 18.0 Å². The highest BCUT2D eigenvalue weighted by atomic mass is 16.5. The number of methoxy groups -OCH3 is 1. The lowest BCUT2D eigenvalue weighted by molar-refractivity contribution is 0.134. The third-order valence-electron chi connectivity index (χ3n) is 6.24. The predicted octanol–water partition coefficient (Wildman–Crippen LogP) is 1.57. The van der Waals surface area contributed by atoms with Crippen molar-refractivity contribution < 1.29 is 9.47 Å². The molecule has 3 N–H and O–H groups in total. The van der Waals surface area contributed by atoms with Gasteiger partial charge in [0.05, 0.1) is 25.6 Å². The monoisotopic (exact) mass is 447 g/mol. The van der Waals surface area contributed by atoms with Gasteiger partial charge in [-0.3, -0.25) is 4.68 Å². The molecule has 9 heteroatoms. The smallest absolute Gasteiger partial charge is 0.197 e. The van der Waals surface area contributed by atoms with E-state index in [4.69, 9.17) is 20.2 Å². The van der Waals surface area contributed by atoms with Crippen LogP contribution in [-0.4, -0.2) is 52.8 Å². The number of benzene rings is 1. The molecule has 1 unspecified atom stereocenters. The van der Waals surface area contributed by atoms with Crippen LogP contribution in [0.15, 0.2) is 47.8 Å². The molecule has 2 aromatic heterocycles. The standard InChI is InChI=1S/C24H29N7O2/c1-24(7-9-33-15-24)14-31-13-17-6-8-26-22(25)21(17)29-23(31)28-19-5-4-16(10-20(19)32-3)18-11-27-30(2)12-18/h4-6,8,10-13,23,28H,7,9,14-15H2,1-3H3,(H2,25,26)/t23-,24?/m1/s1. The summed E-state index contributed by atoms with van der Waals surface area (Å²) in [5, 5.41) is 9.48. The van der Waals surface area contributed by atoms with Crippen LogP contribution in [0.3, 0.4) is 0 Å². The van der Waals surface area contributed by atoms with Crippen LogP contribution < -0.4 is 26.4 Å². The molecule has 0 saturated carbocycles. The Bertz CT molecular complexity index is 1280. The summed E-state index contributed by atoms with van der Waals surface area (Å²) in [6.07, 6.45) is 8.29. The summed E-state index contributed by atoms with van der Waals surface area (Å²) in [4.78, 5) is 11.4. The van der Waals surface area contributed by atoms with Crippen LogP contribution in [0.4, 0.5) is 11.5 Å². The van der Waals surface area contributed by atoms with Gasteiger partial charge < -0.3 is 25.4 Å². The largest absolute Gasteiger partial charge is 0.495 e. The van der Waals surface area contributed by atoms with Gasteiger partial charge in [0.15, 0.2) is 6.29 Å². The summed E-state index contributed by atoms with van der Waals surface area (Å²) < 4.78 is 13.2. The van der Waals surface area contributed by atoms with Gasteiger partial charge in [0.2, 0.25) is 0 Å². The highest BCUT2D eigenvalue weighted by Gasteiger charge is 2.34. The van der Waals surface area contributed by atoms with Gasteiger partial charge in [0.1, 0.15) is 16.9 Å². The van der Waals surface area contributed by atoms with Gasteiger partial charge >= 0.3 is 0 Å². The van der Waals surface area contributed by atoms with Crippen molar-refractivity contribution in [3.8, 4) is 16.9 Å². The normalized spacial score (nSPS) is 21.8. The molecule has 172 valence electrons. The second kappa shape index (κ2) is 8.40. The number of ether oxygens (including phenoxy) is 2. The molecule has 1 fully saturated rings. The van der Waals surface area contributed by atoms with E-state index in [-0.39, 0.29) is 11.7 Å². The Labute approximate surface area is 192 Å². The maximum atomic E-state index is 6.15. The highest BCUT2D eigenvalue weighted by Crippen LogP contribution is 2.33. The summed E-state index contributed by atoms with van der Waals surface area (Å²) in [5.41, 5.74) is 9.11. The number of nitrogens with two attached hydrogens (primary N) is 1. The van der Waals surface area contributed by atoms with Gasteiger partial charge in [0, 0.05) is 55.0 Å². The van der Waals surface area contributed by atoms with Gasteiger partial charge in [0.25, 0.3) is 0 Å². The average Bonchev–Trinajstić information content (AvgIpc) is 3.43. The van der Waals surface area contributed by atoms with E-state index in [1.807, 2.05) is 37.6 Å². The Morgan fingerprint density at radius 2 is 2.18 bits per heavy atom. The zero-order chi connectivity index (χ0) is 23.0. The first-order chi connectivity index (χ1) is 15.9. The molecule has 1 aromatic carbocycles. The van der Waals surface area contributed by atoms with Gasteiger partial charge in [-0.25, -0.2) is 9.98 Å². The fourth-order valence-corrected chi connectivity index (χ4v) is 4.40. The summed E-state index contributed by atoms with van der Waals surface area (Å²) in [5.74, 6) is 1.15. The van der Waals surface area contributed by atoms with Crippen molar-refractivity contribution in [1.82, 2.24) is 19.7 Å². The van der Waals surface area contributed by atoms with E-state index < -0.39 is 0 Å². The number of hydrogen-bond donors (Lipinski definition) is 2. The van der Waals surface area contributed by atoms with E-state index in [0.717, 1.165) is 54.0 Å². The Hall–Kier alpha value is -3.59. The zero-order valence-electron chi connectivity index (χ0n) is 19.2. The molecular formula is C24H29N7O2. The lowest BCUT2D eigenvalue weighted by Gasteiger charge is -2.36. The van der Waals surface area contributed by atoms with Crippen molar-refractivity contribution >= 4 is 17.7 Å². The molecule has 0 amide bonds. The van der Waals surface area contributed by atoms with Crippen molar-refractivity contribution in [2.75, 3.05) is 37.9 Å². The quantitative estimate of drug-likeness (QED) is 0.591. The van der Waals surface area contributed by atoms with Gasteiger partial charge in [-0.2, -0.15) is 5.10 Å². The minimum atomic E-state index is -0.362. The van der Waals surface area contributed by atoms with Crippen LogP contribution in [0.2, 0.25) is 0 Å². The Kier molecular flexibility index (Phi) is 5.41. The van der Waals surface area contributed by atoms with Crippen molar-refractivity contribution in [3.63, 3.8) is 0 Å². The molecule has 0 spiro atoms. The molecule has 1 saturated heterocycles. The molecule has 0 radical (unpaired) electrons. The summed E-state index contributed by atoms with van der Waals surface area (Å²) >= 11 is 0. The Morgan fingerprint density at radius 3 is 2.91 bits per heavy atom. The third-order valence-corrected chi connectivity index (χ3v) is 6.24. The van der Waals surface area contributed by atoms with E-state index >= 15 is 0 Å². The summed E-state index contributed by atoms with van der Waals surface area (Å²) in [7, 11) is 3.57.